The molecule has 0 unspecified atom stereocenters. The van der Waals surface area contributed by atoms with Crippen molar-refractivity contribution in [1.29, 1.82) is 0 Å². The monoisotopic (exact) mass is 409 g/mol. The largest absolute Gasteiger partial charge is 0.497 e. The van der Waals surface area contributed by atoms with Crippen molar-refractivity contribution in [3.8, 4) is 11.5 Å². The normalized spacial score (nSPS) is 22.6. The van der Waals surface area contributed by atoms with Crippen LogP contribution < -0.4 is 15.2 Å². The number of rotatable bonds is 7. The summed E-state index contributed by atoms with van der Waals surface area (Å²) in [6.07, 6.45) is 0.752. The molecule has 0 saturated carbocycles. The van der Waals surface area contributed by atoms with Gasteiger partial charge in [0.2, 0.25) is 6.29 Å². The van der Waals surface area contributed by atoms with Gasteiger partial charge in [-0.1, -0.05) is 26.8 Å². The summed E-state index contributed by atoms with van der Waals surface area (Å²) in [6, 6.07) is 7.05. The molecule has 0 saturated heterocycles. The quantitative estimate of drug-likeness (QED) is 0.544. The van der Waals surface area contributed by atoms with E-state index in [1.165, 1.54) is 0 Å². The summed E-state index contributed by atoms with van der Waals surface area (Å²) in [4.78, 5) is 11.2. The third-order valence-electron chi connectivity index (χ3n) is 5.07. The van der Waals surface area contributed by atoms with Gasteiger partial charge in [-0.05, 0) is 48.5 Å². The maximum absolute atomic E-state index is 11.2. The second-order valence-electron chi connectivity index (χ2n) is 8.19. The highest BCUT2D eigenvalue weighted by molar-refractivity contribution is 6.74. The highest BCUT2D eigenvalue weighted by atomic mass is 28.4. The lowest BCUT2D eigenvalue weighted by Crippen LogP contribution is -2.47. The third-order valence-corrected chi connectivity index (χ3v) is 9.57. The number of methoxy groups -OCH3 is 1. The van der Waals surface area contributed by atoms with Crippen molar-refractivity contribution in [2.45, 2.75) is 57.4 Å². The smallest absolute Gasteiger partial charge is 0.405 e. The lowest BCUT2D eigenvalue weighted by molar-refractivity contribution is -0.163. The molecule has 7 nitrogen and oxygen atoms in total. The molecule has 0 bridgehead atoms. The van der Waals surface area contributed by atoms with E-state index in [0.29, 0.717) is 18.1 Å². The van der Waals surface area contributed by atoms with Crippen molar-refractivity contribution in [2.75, 3.05) is 13.7 Å². The summed E-state index contributed by atoms with van der Waals surface area (Å²) < 4.78 is 28.4. The van der Waals surface area contributed by atoms with E-state index in [1.54, 1.807) is 37.5 Å². The van der Waals surface area contributed by atoms with Gasteiger partial charge in [0.05, 0.1) is 13.7 Å². The van der Waals surface area contributed by atoms with Crippen molar-refractivity contribution in [3.05, 3.63) is 36.4 Å². The SMILES string of the molecule is COc1ccc(O[C@H]2O[C@H](CO[Si](C)(C)C(C)(C)C)C=C[C@H]2OC(N)=O)cc1. The lowest BCUT2D eigenvalue weighted by atomic mass is 10.2. The average Bonchev–Trinajstić information content (AvgIpc) is 2.61. The highest BCUT2D eigenvalue weighted by Gasteiger charge is 2.39. The van der Waals surface area contributed by atoms with E-state index in [2.05, 4.69) is 33.9 Å². The number of ether oxygens (including phenoxy) is 4. The van der Waals surface area contributed by atoms with E-state index >= 15 is 0 Å². The number of hydrogen-bond donors (Lipinski definition) is 1. The Balaban J connectivity index is 2.07. The van der Waals surface area contributed by atoms with E-state index < -0.39 is 26.8 Å². The second-order valence-corrected chi connectivity index (χ2v) is 13.0. The molecule has 0 fully saturated rings. The predicted octanol–water partition coefficient (Wildman–Crippen LogP) is 3.84. The van der Waals surface area contributed by atoms with E-state index in [9.17, 15) is 4.79 Å². The molecular weight excluding hydrogens is 378 g/mol. The Bertz CT molecular complexity index is 683. The molecule has 156 valence electrons. The zero-order valence-corrected chi connectivity index (χ0v) is 18.4. The molecule has 1 aromatic carbocycles. The van der Waals surface area contributed by atoms with Gasteiger partial charge in [0.1, 0.15) is 17.6 Å². The van der Waals surface area contributed by atoms with Gasteiger partial charge in [0.15, 0.2) is 14.4 Å². The molecule has 3 atom stereocenters. The molecule has 0 aliphatic carbocycles. The maximum Gasteiger partial charge on any atom is 0.405 e. The molecule has 0 aromatic heterocycles. The first-order valence-electron chi connectivity index (χ1n) is 9.26. The lowest BCUT2D eigenvalue weighted by Gasteiger charge is -2.38. The molecule has 0 spiro atoms. The van der Waals surface area contributed by atoms with E-state index in [-0.39, 0.29) is 11.1 Å². The van der Waals surface area contributed by atoms with Crippen LogP contribution in [0.5, 0.6) is 11.5 Å². The Hall–Kier alpha value is -2.03. The summed E-state index contributed by atoms with van der Waals surface area (Å²) in [5.74, 6) is 1.27. The van der Waals surface area contributed by atoms with Crippen molar-refractivity contribution < 1.29 is 28.2 Å². The number of primary amides is 1. The molecule has 1 heterocycles. The molecule has 2 rings (SSSR count). The minimum absolute atomic E-state index is 0.0992. The Kier molecular flexibility index (Phi) is 7.14. The molecule has 1 aromatic rings. The number of amides is 1. The van der Waals surface area contributed by atoms with E-state index in [0.717, 1.165) is 0 Å². The maximum atomic E-state index is 11.2. The van der Waals surface area contributed by atoms with Crippen LogP contribution in [0, 0.1) is 0 Å². The fourth-order valence-corrected chi connectivity index (χ4v) is 3.35. The topological polar surface area (TPSA) is 89.2 Å². The Labute approximate surface area is 167 Å². The molecule has 0 radical (unpaired) electrons. The number of carbonyl (C=O) groups is 1. The van der Waals surface area contributed by atoms with Gasteiger partial charge in [0.25, 0.3) is 0 Å². The van der Waals surface area contributed by atoms with Crippen LogP contribution in [-0.2, 0) is 13.9 Å². The zero-order chi connectivity index (χ0) is 20.9. The first-order chi connectivity index (χ1) is 13.0. The number of hydrogen-bond acceptors (Lipinski definition) is 6. The molecule has 2 N–H and O–H groups in total. The first-order valence-corrected chi connectivity index (χ1v) is 12.2. The van der Waals surface area contributed by atoms with Crippen molar-refractivity contribution in [1.82, 2.24) is 0 Å². The summed E-state index contributed by atoms with van der Waals surface area (Å²) in [7, 11) is -0.321. The summed E-state index contributed by atoms with van der Waals surface area (Å²) in [5, 5.41) is 0.0992. The molecule has 1 aliphatic rings. The van der Waals surface area contributed by atoms with E-state index in [1.807, 2.05) is 6.08 Å². The van der Waals surface area contributed by atoms with Crippen LogP contribution in [0.2, 0.25) is 18.1 Å². The van der Waals surface area contributed by atoms with Crippen molar-refractivity contribution in [3.63, 3.8) is 0 Å². The molecule has 28 heavy (non-hydrogen) atoms. The van der Waals surface area contributed by atoms with Gasteiger partial charge >= 0.3 is 6.09 Å². The van der Waals surface area contributed by atoms with Gasteiger partial charge in [0, 0.05) is 0 Å². The summed E-state index contributed by atoms with van der Waals surface area (Å²) >= 11 is 0. The molecule has 1 amide bonds. The fourth-order valence-electron chi connectivity index (χ4n) is 2.33. The van der Waals surface area contributed by atoms with E-state index in [4.69, 9.17) is 29.1 Å². The van der Waals surface area contributed by atoms with Crippen molar-refractivity contribution >= 4 is 14.4 Å². The van der Waals surface area contributed by atoms with Crippen LogP contribution in [0.25, 0.3) is 0 Å². The van der Waals surface area contributed by atoms with Gasteiger partial charge in [-0.3, -0.25) is 0 Å². The highest BCUT2D eigenvalue weighted by Crippen LogP contribution is 2.37. The zero-order valence-electron chi connectivity index (χ0n) is 17.4. The number of nitrogens with two attached hydrogens (primary N) is 1. The summed E-state index contributed by atoms with van der Waals surface area (Å²) in [6.45, 7) is 11.3. The van der Waals surface area contributed by atoms with Crippen LogP contribution in [0.4, 0.5) is 4.79 Å². The van der Waals surface area contributed by atoms with Gasteiger partial charge < -0.3 is 29.1 Å². The Morgan fingerprint density at radius 3 is 2.29 bits per heavy atom. The third kappa shape index (κ3) is 5.98. The number of benzene rings is 1. The fraction of sp³-hybridized carbons (Fsp3) is 0.550. The van der Waals surface area contributed by atoms with Crippen molar-refractivity contribution in [2.24, 2.45) is 5.73 Å². The average molecular weight is 410 g/mol. The predicted molar refractivity (Wildman–Crippen MR) is 109 cm³/mol. The first kappa shape index (κ1) is 22.3. The van der Waals surface area contributed by atoms with Gasteiger partial charge in [-0.15, -0.1) is 0 Å². The molecule has 1 aliphatic heterocycles. The number of carbonyl (C=O) groups excluding carboxylic acids is 1. The van der Waals surface area contributed by atoms with Crippen LogP contribution >= 0.6 is 0 Å². The molecule has 8 heteroatoms. The van der Waals surface area contributed by atoms with Gasteiger partial charge in [-0.2, -0.15) is 0 Å². The van der Waals surface area contributed by atoms with Crippen LogP contribution in [0.15, 0.2) is 36.4 Å². The standard InChI is InChI=1S/C20H31NO6Si/c1-20(2,3)28(5,6)24-13-16-11-12-17(27-19(21)22)18(26-16)25-15-9-7-14(23-4)8-10-15/h7-12,16-18H,13H2,1-6H3,(H2,21,22)/t16-,17+,18-/m0/s1. The Morgan fingerprint density at radius 2 is 1.75 bits per heavy atom. The molecular formula is C20H31NO6Si. The van der Waals surface area contributed by atoms with Crippen LogP contribution in [-0.4, -0.2) is 46.6 Å². The Morgan fingerprint density at radius 1 is 1.14 bits per heavy atom. The summed E-state index contributed by atoms with van der Waals surface area (Å²) in [5.41, 5.74) is 5.17. The second kappa shape index (κ2) is 8.98. The minimum Gasteiger partial charge on any atom is -0.497 e. The van der Waals surface area contributed by atoms with Crippen LogP contribution in [0.3, 0.4) is 0 Å². The van der Waals surface area contributed by atoms with Gasteiger partial charge in [-0.25, -0.2) is 4.79 Å². The minimum atomic E-state index is -1.91. The van der Waals surface area contributed by atoms with Crippen LogP contribution in [0.1, 0.15) is 20.8 Å².